The van der Waals surface area contributed by atoms with E-state index in [1.54, 1.807) is 0 Å². The van der Waals surface area contributed by atoms with Crippen LogP contribution in [-0.4, -0.2) is 43.7 Å². The van der Waals surface area contributed by atoms with Crippen molar-refractivity contribution in [2.75, 3.05) is 11.5 Å². The fourth-order valence-corrected chi connectivity index (χ4v) is 5.54. The van der Waals surface area contributed by atoms with E-state index in [0.29, 0.717) is 12.2 Å². The van der Waals surface area contributed by atoms with Gasteiger partial charge in [0, 0.05) is 23.8 Å². The third-order valence-corrected chi connectivity index (χ3v) is 11.1. The first kappa shape index (κ1) is 18.0. The zero-order valence-electron chi connectivity index (χ0n) is 14.6. The summed E-state index contributed by atoms with van der Waals surface area (Å²) in [5, 5.41) is 3.08. The van der Waals surface area contributed by atoms with Crippen molar-refractivity contribution in [1.82, 2.24) is 5.32 Å². The third kappa shape index (κ3) is 3.43. The summed E-state index contributed by atoms with van der Waals surface area (Å²) in [7, 11) is -1.91. The molecule has 4 nitrogen and oxygen atoms in total. The van der Waals surface area contributed by atoms with E-state index in [1.165, 1.54) is 0 Å². The smallest absolute Gasteiger partial charge is 0.228 e. The van der Waals surface area contributed by atoms with Gasteiger partial charge in [0.05, 0.1) is 18.1 Å². The largest absolute Gasteiger partial charge is 0.413 e. The average Bonchev–Trinajstić information content (AvgIpc) is 2.34. The van der Waals surface area contributed by atoms with E-state index in [-0.39, 0.29) is 34.9 Å². The summed E-state index contributed by atoms with van der Waals surface area (Å²) in [6.45, 7) is 13.0. The van der Waals surface area contributed by atoms with Gasteiger partial charge in [0.15, 0.2) is 8.32 Å². The van der Waals surface area contributed by atoms with Crippen molar-refractivity contribution in [3.8, 4) is 0 Å². The number of carbonyl (C=O) groups is 2. The number of hydrogen-bond acceptors (Lipinski definition) is 4. The molecule has 0 aromatic carbocycles. The molecule has 2 saturated heterocycles. The van der Waals surface area contributed by atoms with Crippen LogP contribution in [0.5, 0.6) is 0 Å². The minimum atomic E-state index is -1.91. The molecule has 0 spiro atoms. The molecule has 22 heavy (non-hydrogen) atoms. The van der Waals surface area contributed by atoms with E-state index in [0.717, 1.165) is 11.5 Å². The van der Waals surface area contributed by atoms with Gasteiger partial charge in [-0.25, -0.2) is 0 Å². The molecule has 1 amide bonds. The Labute approximate surface area is 139 Å². The van der Waals surface area contributed by atoms with Crippen LogP contribution in [0.1, 0.15) is 34.1 Å². The van der Waals surface area contributed by atoms with Crippen LogP contribution in [0.3, 0.4) is 0 Å². The Hall–Kier alpha value is -0.333. The molecule has 0 aliphatic carbocycles. The van der Waals surface area contributed by atoms with Crippen LogP contribution < -0.4 is 5.32 Å². The SMILES string of the molecule is C[C@@H](O[Si](C)(C)C(C)(C)C)[C@H]1C(=O)N[C@@H]1[C@@H]1CSCCC1=O. The van der Waals surface area contributed by atoms with Crippen molar-refractivity contribution in [1.29, 1.82) is 0 Å². The first-order chi connectivity index (χ1) is 10.0. The Morgan fingerprint density at radius 2 is 1.95 bits per heavy atom. The summed E-state index contributed by atoms with van der Waals surface area (Å²) in [4.78, 5) is 24.2. The molecule has 2 rings (SSSR count). The van der Waals surface area contributed by atoms with Crippen LogP contribution in [0.4, 0.5) is 0 Å². The van der Waals surface area contributed by atoms with Crippen molar-refractivity contribution < 1.29 is 14.0 Å². The number of hydrogen-bond donors (Lipinski definition) is 1. The topological polar surface area (TPSA) is 55.4 Å². The Balaban J connectivity index is 2.06. The van der Waals surface area contributed by atoms with Crippen LogP contribution in [-0.2, 0) is 14.0 Å². The van der Waals surface area contributed by atoms with Gasteiger partial charge < -0.3 is 9.74 Å². The van der Waals surface area contributed by atoms with E-state index in [1.807, 2.05) is 18.7 Å². The minimum Gasteiger partial charge on any atom is -0.413 e. The Morgan fingerprint density at radius 1 is 1.32 bits per heavy atom. The summed E-state index contributed by atoms with van der Waals surface area (Å²) in [5.74, 6) is 1.87. The maximum atomic E-state index is 12.2. The van der Waals surface area contributed by atoms with E-state index in [2.05, 4.69) is 39.2 Å². The lowest BCUT2D eigenvalue weighted by atomic mass is 9.77. The van der Waals surface area contributed by atoms with Gasteiger partial charge in [-0.2, -0.15) is 11.8 Å². The third-order valence-electron chi connectivity index (χ3n) is 5.43. The highest BCUT2D eigenvalue weighted by molar-refractivity contribution is 7.99. The highest BCUT2D eigenvalue weighted by atomic mass is 32.2. The Bertz CT molecular complexity index is 461. The maximum Gasteiger partial charge on any atom is 0.228 e. The van der Waals surface area contributed by atoms with Crippen LogP contribution in [0.25, 0.3) is 0 Å². The van der Waals surface area contributed by atoms with Gasteiger partial charge in [-0.3, -0.25) is 9.59 Å². The molecule has 2 heterocycles. The van der Waals surface area contributed by atoms with Gasteiger partial charge in [-0.1, -0.05) is 20.8 Å². The molecule has 0 bridgehead atoms. The molecule has 6 heteroatoms. The zero-order chi connectivity index (χ0) is 16.7. The standard InChI is InChI=1S/C16H29NO3SSi/c1-10(20-22(5,6)16(2,3)4)13-14(17-15(13)19)11-9-21-8-7-12(11)18/h10-11,13-14H,7-9H2,1-6H3,(H,17,19)/t10-,11-,13-,14-/m1/s1. The van der Waals surface area contributed by atoms with Crippen molar-refractivity contribution in [3.63, 3.8) is 0 Å². The predicted octanol–water partition coefficient (Wildman–Crippen LogP) is 2.83. The minimum absolute atomic E-state index is 0.0347. The number of rotatable bonds is 4. The summed E-state index contributed by atoms with van der Waals surface area (Å²) >= 11 is 1.81. The number of nitrogens with one attached hydrogen (secondary N) is 1. The first-order valence-corrected chi connectivity index (χ1v) is 12.2. The second kappa shape index (κ2) is 6.28. The molecule has 0 aromatic heterocycles. The van der Waals surface area contributed by atoms with E-state index in [9.17, 15) is 9.59 Å². The van der Waals surface area contributed by atoms with Crippen LogP contribution in [0.15, 0.2) is 0 Å². The lowest BCUT2D eigenvalue weighted by molar-refractivity contribution is -0.144. The monoisotopic (exact) mass is 343 g/mol. The molecule has 1 N–H and O–H groups in total. The maximum absolute atomic E-state index is 12.2. The number of ketones is 1. The fourth-order valence-electron chi connectivity index (χ4n) is 2.95. The normalized spacial score (nSPS) is 31.5. The van der Waals surface area contributed by atoms with Crippen molar-refractivity contribution in [2.45, 2.75) is 64.4 Å². The quantitative estimate of drug-likeness (QED) is 0.630. The molecule has 0 aromatic rings. The zero-order valence-corrected chi connectivity index (χ0v) is 16.4. The van der Waals surface area contributed by atoms with Gasteiger partial charge >= 0.3 is 0 Å². The van der Waals surface area contributed by atoms with E-state index < -0.39 is 8.32 Å². The van der Waals surface area contributed by atoms with Gasteiger partial charge in [0.2, 0.25) is 5.91 Å². The van der Waals surface area contributed by atoms with Gasteiger partial charge in [0.1, 0.15) is 5.78 Å². The van der Waals surface area contributed by atoms with Crippen molar-refractivity contribution in [3.05, 3.63) is 0 Å². The molecule has 2 fully saturated rings. The van der Waals surface area contributed by atoms with Gasteiger partial charge in [0.25, 0.3) is 0 Å². The molecular formula is C16H29NO3SSi. The number of carbonyl (C=O) groups excluding carboxylic acids is 2. The summed E-state index contributed by atoms with van der Waals surface area (Å²) < 4.78 is 6.39. The lowest BCUT2D eigenvalue weighted by Gasteiger charge is -2.47. The number of thioether (sulfide) groups is 1. The van der Waals surface area contributed by atoms with E-state index >= 15 is 0 Å². The summed E-state index contributed by atoms with van der Waals surface area (Å²) in [6.07, 6.45) is 0.505. The summed E-state index contributed by atoms with van der Waals surface area (Å²) in [6, 6.07) is -0.0347. The molecule has 126 valence electrons. The van der Waals surface area contributed by atoms with Crippen LogP contribution in [0.2, 0.25) is 18.1 Å². The van der Waals surface area contributed by atoms with Crippen molar-refractivity contribution in [2.24, 2.45) is 11.8 Å². The lowest BCUT2D eigenvalue weighted by Crippen LogP contribution is -2.67. The van der Waals surface area contributed by atoms with Crippen molar-refractivity contribution >= 4 is 31.8 Å². The second-order valence-electron chi connectivity index (χ2n) is 8.04. The highest BCUT2D eigenvalue weighted by Crippen LogP contribution is 2.40. The van der Waals surface area contributed by atoms with Gasteiger partial charge in [-0.05, 0) is 25.1 Å². The molecule has 0 unspecified atom stereocenters. The molecule has 0 saturated carbocycles. The molecular weight excluding hydrogens is 314 g/mol. The second-order valence-corrected chi connectivity index (χ2v) is 13.9. The molecule has 2 aliphatic rings. The van der Waals surface area contributed by atoms with E-state index in [4.69, 9.17) is 4.43 Å². The first-order valence-electron chi connectivity index (χ1n) is 8.13. The Kier molecular flexibility index (Phi) is 5.14. The summed E-state index contributed by atoms with van der Waals surface area (Å²) in [5.41, 5.74) is 0. The van der Waals surface area contributed by atoms with Gasteiger partial charge in [-0.15, -0.1) is 0 Å². The average molecular weight is 344 g/mol. The Morgan fingerprint density at radius 3 is 2.45 bits per heavy atom. The highest BCUT2D eigenvalue weighted by Gasteiger charge is 2.51. The predicted molar refractivity (Wildman–Crippen MR) is 93.6 cm³/mol. The number of β-lactam (4-membered cyclic amide) rings is 1. The number of Topliss-reactive ketones (excluding diaryl/α,β-unsaturated/α-hetero) is 1. The molecule has 0 radical (unpaired) electrons. The molecule has 4 atom stereocenters. The fraction of sp³-hybridized carbons (Fsp3) is 0.875. The van der Waals surface area contributed by atoms with Crippen LogP contribution in [0, 0.1) is 11.8 Å². The van der Waals surface area contributed by atoms with Crippen LogP contribution >= 0.6 is 11.8 Å². The molecule has 2 aliphatic heterocycles. The number of amides is 1.